The number of aryl methyl sites for hydroxylation is 1. The van der Waals surface area contributed by atoms with Crippen LogP contribution in [0.25, 0.3) is 10.9 Å². The van der Waals surface area contributed by atoms with Gasteiger partial charge in [0.15, 0.2) is 0 Å². The average molecular weight is 404 g/mol. The highest BCUT2D eigenvalue weighted by Crippen LogP contribution is 2.50. The lowest BCUT2D eigenvalue weighted by molar-refractivity contribution is 0.189. The Morgan fingerprint density at radius 2 is 1.93 bits per heavy atom. The van der Waals surface area contributed by atoms with Crippen LogP contribution < -0.4 is 4.90 Å². The van der Waals surface area contributed by atoms with Crippen LogP contribution >= 0.6 is 11.8 Å². The molecule has 1 fully saturated rings. The number of thioether (sulfide) groups is 1. The molecule has 0 aliphatic carbocycles. The summed E-state index contributed by atoms with van der Waals surface area (Å²) in [4.78, 5) is 7.03. The molecule has 0 bridgehead atoms. The van der Waals surface area contributed by atoms with Gasteiger partial charge in [0.05, 0.1) is 5.69 Å². The van der Waals surface area contributed by atoms with E-state index in [2.05, 4.69) is 80.9 Å². The quantitative estimate of drug-likeness (QED) is 0.593. The Kier molecular flexibility index (Phi) is 4.57. The van der Waals surface area contributed by atoms with Crippen LogP contribution in [0.15, 0.2) is 59.6 Å². The number of rotatable bonds is 4. The van der Waals surface area contributed by atoms with Crippen LogP contribution in [0, 0.1) is 0 Å². The molecular formula is C25H29N3S. The fourth-order valence-corrected chi connectivity index (χ4v) is 6.85. The highest BCUT2D eigenvalue weighted by Gasteiger charge is 2.43. The van der Waals surface area contributed by atoms with Gasteiger partial charge in [0.25, 0.3) is 0 Å². The predicted molar refractivity (Wildman–Crippen MR) is 123 cm³/mol. The van der Waals surface area contributed by atoms with Gasteiger partial charge in [-0.05, 0) is 60.7 Å². The highest BCUT2D eigenvalue weighted by atomic mass is 32.2. The fourth-order valence-electron chi connectivity index (χ4n) is 5.81. The van der Waals surface area contributed by atoms with Crippen molar-refractivity contribution in [2.24, 2.45) is 0 Å². The number of likely N-dealkylation sites (tertiary alicyclic amines) is 1. The lowest BCUT2D eigenvalue weighted by Gasteiger charge is -2.39. The number of anilines is 1. The Balaban J connectivity index is 1.15. The predicted octanol–water partition coefficient (Wildman–Crippen LogP) is 5.21. The maximum absolute atomic E-state index is 2.78. The third kappa shape index (κ3) is 3.08. The lowest BCUT2D eigenvalue weighted by atomic mass is 9.89. The Hall–Kier alpha value is -1.91. The number of para-hydroxylation sites is 2. The molecule has 4 heterocycles. The summed E-state index contributed by atoms with van der Waals surface area (Å²) in [6, 6.07) is 18.8. The van der Waals surface area contributed by atoms with Crippen molar-refractivity contribution in [1.82, 2.24) is 9.47 Å². The third-order valence-electron chi connectivity index (χ3n) is 7.13. The van der Waals surface area contributed by atoms with Gasteiger partial charge in [0.1, 0.15) is 0 Å². The highest BCUT2D eigenvalue weighted by molar-refractivity contribution is 7.99. The minimum atomic E-state index is 0.699. The van der Waals surface area contributed by atoms with Gasteiger partial charge in [-0.25, -0.2) is 0 Å². The van der Waals surface area contributed by atoms with Gasteiger partial charge in [-0.1, -0.05) is 30.3 Å². The van der Waals surface area contributed by atoms with Crippen LogP contribution in [-0.2, 0) is 6.54 Å². The molecule has 150 valence electrons. The van der Waals surface area contributed by atoms with Crippen molar-refractivity contribution in [1.29, 1.82) is 0 Å². The van der Waals surface area contributed by atoms with Gasteiger partial charge in [0.2, 0.25) is 0 Å². The normalized spacial score (nSPS) is 23.8. The molecule has 2 aromatic carbocycles. The second-order valence-electron chi connectivity index (χ2n) is 8.77. The number of nitrogens with zero attached hydrogens (tertiary/aromatic N) is 3. The van der Waals surface area contributed by atoms with E-state index in [0.29, 0.717) is 5.92 Å². The molecule has 0 spiro atoms. The van der Waals surface area contributed by atoms with E-state index in [1.54, 1.807) is 11.3 Å². The average Bonchev–Trinajstić information content (AvgIpc) is 3.22. The molecule has 0 unspecified atom stereocenters. The first kappa shape index (κ1) is 17.9. The zero-order valence-electron chi connectivity index (χ0n) is 17.0. The first-order valence-corrected chi connectivity index (χ1v) is 12.2. The Morgan fingerprint density at radius 1 is 0.966 bits per heavy atom. The molecule has 0 amide bonds. The number of hydrogen-bond acceptors (Lipinski definition) is 3. The van der Waals surface area contributed by atoms with E-state index >= 15 is 0 Å². The largest absolute Gasteiger partial charge is 0.367 e. The van der Waals surface area contributed by atoms with E-state index in [9.17, 15) is 0 Å². The molecule has 2 atom stereocenters. The van der Waals surface area contributed by atoms with Crippen LogP contribution in [0.5, 0.6) is 0 Å². The number of piperidine rings is 1. The van der Waals surface area contributed by atoms with E-state index < -0.39 is 0 Å². The summed E-state index contributed by atoms with van der Waals surface area (Å²) in [5.41, 5.74) is 4.58. The Bertz CT molecular complexity index is 1030. The van der Waals surface area contributed by atoms with Gasteiger partial charge in [-0.15, -0.1) is 11.8 Å². The van der Waals surface area contributed by atoms with E-state index in [0.717, 1.165) is 12.6 Å². The van der Waals surface area contributed by atoms with Crippen LogP contribution in [0.4, 0.5) is 5.69 Å². The summed E-state index contributed by atoms with van der Waals surface area (Å²) in [6.45, 7) is 6.05. The minimum Gasteiger partial charge on any atom is -0.367 e. The smallest absolute Gasteiger partial charge is 0.0543 e. The van der Waals surface area contributed by atoms with Crippen molar-refractivity contribution >= 4 is 28.4 Å². The summed E-state index contributed by atoms with van der Waals surface area (Å²) >= 11 is 2.07. The standard InChI is InChI=1S/C25H29N3S/c1-2-8-22-19(6-1)10-16-27(22)13-4-12-26-15-11-23-21(18-26)20-7-3-9-24-25(20)28(23)14-5-17-29-24/h1-3,6-10,16,21,23H,4-5,11-15,17-18H2/t21-,23-/m1/s1. The van der Waals surface area contributed by atoms with Gasteiger partial charge >= 0.3 is 0 Å². The molecule has 0 saturated carbocycles. The van der Waals surface area contributed by atoms with Crippen molar-refractivity contribution in [2.75, 3.05) is 36.8 Å². The Morgan fingerprint density at radius 3 is 2.93 bits per heavy atom. The second-order valence-corrected chi connectivity index (χ2v) is 9.91. The molecule has 3 aliphatic heterocycles. The molecule has 3 nitrogen and oxygen atoms in total. The second kappa shape index (κ2) is 7.41. The van der Waals surface area contributed by atoms with Crippen molar-refractivity contribution in [3.05, 3.63) is 60.3 Å². The first-order valence-electron chi connectivity index (χ1n) is 11.2. The van der Waals surface area contributed by atoms with Gasteiger partial charge in [-0.3, -0.25) is 0 Å². The van der Waals surface area contributed by atoms with Crippen LogP contribution in [-0.4, -0.2) is 47.4 Å². The van der Waals surface area contributed by atoms with E-state index in [-0.39, 0.29) is 0 Å². The van der Waals surface area contributed by atoms with Crippen molar-refractivity contribution < 1.29 is 0 Å². The van der Waals surface area contributed by atoms with Gasteiger partial charge in [-0.2, -0.15) is 0 Å². The monoisotopic (exact) mass is 403 g/mol. The maximum Gasteiger partial charge on any atom is 0.0543 e. The topological polar surface area (TPSA) is 11.4 Å². The molecule has 4 heteroatoms. The molecule has 6 rings (SSSR count). The molecule has 0 radical (unpaired) electrons. The summed E-state index contributed by atoms with van der Waals surface area (Å²) in [7, 11) is 0. The SMILES string of the molecule is c1cc2c3c(c1)[C@H]1CN(CCCn4ccc5ccccc54)CC[C@H]1N3CCCS2. The van der Waals surface area contributed by atoms with Gasteiger partial charge in [0, 0.05) is 54.7 Å². The van der Waals surface area contributed by atoms with Crippen LogP contribution in [0.2, 0.25) is 0 Å². The molecular weight excluding hydrogens is 374 g/mol. The van der Waals surface area contributed by atoms with Crippen molar-refractivity contribution in [3.63, 3.8) is 0 Å². The van der Waals surface area contributed by atoms with E-state index in [1.165, 1.54) is 67.0 Å². The summed E-state index contributed by atoms with van der Waals surface area (Å²) in [5, 5.41) is 1.35. The first-order chi connectivity index (χ1) is 14.4. The van der Waals surface area contributed by atoms with Gasteiger partial charge < -0.3 is 14.4 Å². The third-order valence-corrected chi connectivity index (χ3v) is 8.27. The van der Waals surface area contributed by atoms with Crippen LogP contribution in [0.1, 0.15) is 30.7 Å². The van der Waals surface area contributed by atoms with E-state index in [4.69, 9.17) is 0 Å². The molecule has 29 heavy (non-hydrogen) atoms. The number of fused-ring (bicyclic) bond motifs is 4. The maximum atomic E-state index is 2.78. The summed E-state index contributed by atoms with van der Waals surface area (Å²) in [6.07, 6.45) is 6.11. The van der Waals surface area contributed by atoms with Crippen molar-refractivity contribution in [2.45, 2.75) is 42.7 Å². The number of benzene rings is 2. The zero-order chi connectivity index (χ0) is 19.2. The summed E-state index contributed by atoms with van der Waals surface area (Å²) in [5.74, 6) is 1.97. The Labute approximate surface area is 177 Å². The van der Waals surface area contributed by atoms with Crippen molar-refractivity contribution in [3.8, 4) is 0 Å². The van der Waals surface area contributed by atoms with Crippen LogP contribution in [0.3, 0.4) is 0 Å². The molecule has 1 aromatic heterocycles. The number of aromatic nitrogens is 1. The zero-order valence-corrected chi connectivity index (χ0v) is 17.8. The molecule has 3 aliphatic rings. The molecule has 0 N–H and O–H groups in total. The lowest BCUT2D eigenvalue weighted by Crippen LogP contribution is -2.46. The fraction of sp³-hybridized carbons (Fsp3) is 0.440. The van der Waals surface area contributed by atoms with E-state index in [1.807, 2.05) is 0 Å². The molecule has 3 aromatic rings. The number of hydrogen-bond donors (Lipinski definition) is 0. The molecule has 1 saturated heterocycles. The minimum absolute atomic E-state index is 0.699. The summed E-state index contributed by atoms with van der Waals surface area (Å²) < 4.78 is 2.42.